The van der Waals surface area contributed by atoms with Gasteiger partial charge in [-0.2, -0.15) is 8.42 Å². The first-order valence-corrected chi connectivity index (χ1v) is 10.3. The first-order chi connectivity index (χ1) is 12.0. The molecule has 1 aromatic carbocycles. The van der Waals surface area contributed by atoms with Gasteiger partial charge in [0.05, 0.1) is 19.8 Å². The summed E-state index contributed by atoms with van der Waals surface area (Å²) in [6, 6.07) is 8.00. The molecule has 0 saturated heterocycles. The van der Waals surface area contributed by atoms with Crippen LogP contribution in [0.3, 0.4) is 0 Å². The van der Waals surface area contributed by atoms with Crippen LogP contribution in [0.1, 0.15) is 51.0 Å². The van der Waals surface area contributed by atoms with Gasteiger partial charge >= 0.3 is 10.4 Å². The molecule has 1 aromatic rings. The lowest BCUT2D eigenvalue weighted by atomic mass is 10.0. The first-order valence-electron chi connectivity index (χ1n) is 8.93. The molecule has 0 spiro atoms. The molecule has 0 aliphatic heterocycles. The Morgan fingerprint density at radius 2 is 1.60 bits per heavy atom. The van der Waals surface area contributed by atoms with Gasteiger partial charge in [-0.15, -0.1) is 0 Å². The quantitative estimate of drug-likeness (QED) is 0.371. The normalized spacial score (nSPS) is 11.6. The Hall–Kier alpha value is -1.15. The number of rotatable bonds is 15. The second kappa shape index (κ2) is 13.1. The van der Waals surface area contributed by atoms with Gasteiger partial charge in [0.15, 0.2) is 0 Å². The number of para-hydroxylation sites is 1. The molecule has 0 radical (unpaired) electrons. The number of aryl methyl sites for hydroxylation is 1. The summed E-state index contributed by atoms with van der Waals surface area (Å²) in [6.07, 6.45) is 8.59. The van der Waals surface area contributed by atoms with Crippen molar-refractivity contribution in [1.82, 2.24) is 0 Å². The third kappa shape index (κ3) is 11.9. The van der Waals surface area contributed by atoms with Crippen molar-refractivity contribution < 1.29 is 26.6 Å². The van der Waals surface area contributed by atoms with Gasteiger partial charge in [0.25, 0.3) is 0 Å². The van der Waals surface area contributed by atoms with E-state index in [-0.39, 0.29) is 13.2 Å². The summed E-state index contributed by atoms with van der Waals surface area (Å²) in [4.78, 5) is 0. The summed E-state index contributed by atoms with van der Waals surface area (Å²) in [5, 5.41) is 0. The highest BCUT2D eigenvalue weighted by molar-refractivity contribution is 7.80. The molecule has 0 unspecified atom stereocenters. The molecule has 144 valence electrons. The fraction of sp³-hybridized carbons (Fsp3) is 0.667. The van der Waals surface area contributed by atoms with Crippen LogP contribution < -0.4 is 4.74 Å². The van der Waals surface area contributed by atoms with E-state index in [1.165, 1.54) is 37.7 Å². The molecule has 0 aromatic heterocycles. The zero-order valence-electron chi connectivity index (χ0n) is 15.0. The van der Waals surface area contributed by atoms with Crippen molar-refractivity contribution in [2.75, 3.05) is 26.4 Å². The van der Waals surface area contributed by atoms with Crippen molar-refractivity contribution in [2.45, 2.75) is 51.9 Å². The summed E-state index contributed by atoms with van der Waals surface area (Å²) < 4.78 is 44.2. The van der Waals surface area contributed by atoms with Crippen LogP contribution in [0.2, 0.25) is 0 Å². The van der Waals surface area contributed by atoms with Crippen molar-refractivity contribution in [3.63, 3.8) is 0 Å². The van der Waals surface area contributed by atoms with Gasteiger partial charge in [-0.1, -0.05) is 57.2 Å². The Balaban J connectivity index is 2.18. The summed E-state index contributed by atoms with van der Waals surface area (Å²) >= 11 is 0. The highest BCUT2D eigenvalue weighted by Crippen LogP contribution is 2.20. The van der Waals surface area contributed by atoms with Crippen molar-refractivity contribution in [3.8, 4) is 5.75 Å². The molecule has 1 rings (SSSR count). The first kappa shape index (κ1) is 21.9. The molecular weight excluding hydrogens is 344 g/mol. The lowest BCUT2D eigenvalue weighted by Crippen LogP contribution is -2.13. The Bertz CT molecular complexity index is 558. The molecule has 7 heteroatoms. The number of ether oxygens (including phenoxy) is 2. The van der Waals surface area contributed by atoms with E-state index in [0.717, 1.165) is 18.6 Å². The Morgan fingerprint density at radius 3 is 2.36 bits per heavy atom. The summed E-state index contributed by atoms with van der Waals surface area (Å²) in [5.41, 5.74) is 1.20. The fourth-order valence-electron chi connectivity index (χ4n) is 2.46. The molecular formula is C18H30O6S. The van der Waals surface area contributed by atoms with Gasteiger partial charge in [-0.25, -0.2) is 4.18 Å². The lowest BCUT2D eigenvalue weighted by Gasteiger charge is -2.11. The van der Waals surface area contributed by atoms with E-state index in [2.05, 4.69) is 17.2 Å². The maximum Gasteiger partial charge on any atom is 0.397 e. The zero-order chi connectivity index (χ0) is 18.4. The second-order valence-corrected chi connectivity index (χ2v) is 6.93. The molecule has 6 nitrogen and oxygen atoms in total. The highest BCUT2D eigenvalue weighted by Gasteiger charge is 2.04. The van der Waals surface area contributed by atoms with Crippen LogP contribution in [0.15, 0.2) is 24.3 Å². The van der Waals surface area contributed by atoms with Crippen molar-refractivity contribution in [3.05, 3.63) is 29.8 Å². The maximum atomic E-state index is 10.4. The second-order valence-electron chi connectivity index (χ2n) is 5.84. The van der Waals surface area contributed by atoms with Gasteiger partial charge < -0.3 is 9.47 Å². The fourth-order valence-corrected chi connectivity index (χ4v) is 2.74. The minimum absolute atomic E-state index is 0.0720. The van der Waals surface area contributed by atoms with Gasteiger partial charge in [-0.3, -0.25) is 4.55 Å². The average molecular weight is 374 g/mol. The van der Waals surface area contributed by atoms with Crippen LogP contribution in [0.5, 0.6) is 5.75 Å². The van der Waals surface area contributed by atoms with Gasteiger partial charge in [-0.05, 0) is 24.5 Å². The minimum atomic E-state index is -4.39. The number of hydrogen-bond acceptors (Lipinski definition) is 5. The summed E-state index contributed by atoms with van der Waals surface area (Å²) in [5.74, 6) is 0.869. The van der Waals surface area contributed by atoms with Crippen molar-refractivity contribution in [2.24, 2.45) is 0 Å². The number of hydrogen-bond donors (Lipinski definition) is 1. The van der Waals surface area contributed by atoms with E-state index >= 15 is 0 Å². The van der Waals surface area contributed by atoms with Crippen LogP contribution in [-0.2, 0) is 25.7 Å². The zero-order valence-corrected chi connectivity index (χ0v) is 15.8. The van der Waals surface area contributed by atoms with Gasteiger partial charge in [0.2, 0.25) is 0 Å². The van der Waals surface area contributed by atoms with E-state index < -0.39 is 10.4 Å². The highest BCUT2D eigenvalue weighted by atomic mass is 32.3. The van der Waals surface area contributed by atoms with Crippen LogP contribution in [0.25, 0.3) is 0 Å². The molecule has 0 amide bonds. The van der Waals surface area contributed by atoms with E-state index in [1.807, 2.05) is 18.2 Å². The van der Waals surface area contributed by atoms with Crippen molar-refractivity contribution in [1.29, 1.82) is 0 Å². The molecule has 0 fully saturated rings. The number of unbranched alkanes of at least 4 members (excludes halogenated alkanes) is 5. The van der Waals surface area contributed by atoms with Gasteiger partial charge in [0, 0.05) is 0 Å². The third-order valence-electron chi connectivity index (χ3n) is 3.72. The topological polar surface area (TPSA) is 82.1 Å². The van der Waals surface area contributed by atoms with E-state index in [1.54, 1.807) is 0 Å². The Morgan fingerprint density at radius 1 is 0.920 bits per heavy atom. The molecule has 0 aliphatic rings. The molecule has 25 heavy (non-hydrogen) atoms. The average Bonchev–Trinajstić information content (AvgIpc) is 2.57. The van der Waals surface area contributed by atoms with E-state index in [4.69, 9.17) is 14.0 Å². The largest absolute Gasteiger partial charge is 0.491 e. The molecule has 0 aliphatic carbocycles. The smallest absolute Gasteiger partial charge is 0.397 e. The van der Waals surface area contributed by atoms with E-state index in [0.29, 0.717) is 13.2 Å². The van der Waals surface area contributed by atoms with Crippen molar-refractivity contribution >= 4 is 10.4 Å². The summed E-state index contributed by atoms with van der Waals surface area (Å²) in [6.45, 7) is 2.77. The monoisotopic (exact) mass is 374 g/mol. The SMILES string of the molecule is CCCCCCCCc1ccccc1OCCOCCOS(=O)(=O)O. The van der Waals surface area contributed by atoms with Crippen LogP contribution in [-0.4, -0.2) is 39.4 Å². The predicted molar refractivity (Wildman–Crippen MR) is 97.3 cm³/mol. The van der Waals surface area contributed by atoms with E-state index in [9.17, 15) is 8.42 Å². The molecule has 0 heterocycles. The minimum Gasteiger partial charge on any atom is -0.491 e. The molecule has 0 atom stereocenters. The molecule has 0 saturated carbocycles. The lowest BCUT2D eigenvalue weighted by molar-refractivity contribution is 0.0746. The third-order valence-corrected chi connectivity index (χ3v) is 4.18. The Kier molecular flexibility index (Phi) is 11.5. The van der Waals surface area contributed by atoms with Crippen LogP contribution >= 0.6 is 0 Å². The Labute approximate surface area is 151 Å². The standard InChI is InChI=1S/C18H30O6S/c1-2-3-4-5-6-7-10-17-11-8-9-12-18(17)23-15-13-22-14-16-24-25(19,20)21/h8-9,11-12H,2-7,10,13-16H2,1H3,(H,19,20,21). The predicted octanol–water partition coefficient (Wildman–Crippen LogP) is 3.80. The van der Waals surface area contributed by atoms with Crippen LogP contribution in [0, 0.1) is 0 Å². The number of benzene rings is 1. The maximum absolute atomic E-state index is 10.4. The summed E-state index contributed by atoms with van der Waals surface area (Å²) in [7, 11) is -4.39. The van der Waals surface area contributed by atoms with Gasteiger partial charge in [0.1, 0.15) is 12.4 Å². The van der Waals surface area contributed by atoms with Crippen LogP contribution in [0.4, 0.5) is 0 Å². The molecule has 1 N–H and O–H groups in total. The molecule has 0 bridgehead atoms.